The monoisotopic (exact) mass is 308 g/mol. The topological polar surface area (TPSA) is 111 Å². The summed E-state index contributed by atoms with van der Waals surface area (Å²) in [7, 11) is 0. The van der Waals surface area contributed by atoms with E-state index in [1.165, 1.54) is 12.1 Å². The largest absolute Gasteiger partial charge is 0.307 e. The van der Waals surface area contributed by atoms with Crippen molar-refractivity contribution in [3.8, 4) is 0 Å². The number of hydrogen-bond acceptors (Lipinski definition) is 7. The molecule has 0 saturated carbocycles. The van der Waals surface area contributed by atoms with Crippen LogP contribution in [0.5, 0.6) is 0 Å². The molecule has 2 rings (SSSR count). The van der Waals surface area contributed by atoms with Gasteiger partial charge in [0.25, 0.3) is 11.4 Å². The highest BCUT2D eigenvalue weighted by atomic mass is 32.1. The molecule has 0 bridgehead atoms. The van der Waals surface area contributed by atoms with E-state index in [9.17, 15) is 20.2 Å². The summed E-state index contributed by atoms with van der Waals surface area (Å²) in [5.41, 5.74) is -0.132. The van der Waals surface area contributed by atoms with Gasteiger partial charge >= 0.3 is 0 Å². The molecule has 21 heavy (non-hydrogen) atoms. The highest BCUT2D eigenvalue weighted by Gasteiger charge is 2.18. The summed E-state index contributed by atoms with van der Waals surface area (Å²) in [6.45, 7) is 2.69. The second-order valence-corrected chi connectivity index (χ2v) is 5.60. The fourth-order valence-electron chi connectivity index (χ4n) is 1.79. The van der Waals surface area contributed by atoms with E-state index in [4.69, 9.17) is 0 Å². The lowest BCUT2D eigenvalue weighted by atomic mass is 10.1. The molecule has 0 unspecified atom stereocenters. The summed E-state index contributed by atoms with van der Waals surface area (Å²) in [5, 5.41) is 25.7. The summed E-state index contributed by atoms with van der Waals surface area (Å²) in [4.78, 5) is 25.5. The number of nitrogens with one attached hydrogen (secondary N) is 1. The first-order valence-corrected chi connectivity index (χ1v) is 6.82. The quantitative estimate of drug-likeness (QED) is 0.648. The van der Waals surface area contributed by atoms with Crippen molar-refractivity contribution < 1.29 is 9.85 Å². The van der Waals surface area contributed by atoms with Gasteiger partial charge in [0, 0.05) is 35.8 Å². The SMILES string of the molecule is Cc1ncc(CNCc2ccc([N+](=O)[O-])cc2[N+](=O)[O-])s1. The maximum Gasteiger partial charge on any atom is 0.280 e. The van der Waals surface area contributed by atoms with E-state index in [-0.39, 0.29) is 17.9 Å². The molecule has 9 heteroatoms. The fourth-order valence-corrected chi connectivity index (χ4v) is 2.56. The van der Waals surface area contributed by atoms with Crippen molar-refractivity contribution in [3.63, 3.8) is 0 Å². The van der Waals surface area contributed by atoms with Crippen LogP contribution in [0, 0.1) is 27.2 Å². The summed E-state index contributed by atoms with van der Waals surface area (Å²) >= 11 is 1.54. The molecular formula is C12H12N4O4S. The minimum atomic E-state index is -0.649. The average molecular weight is 308 g/mol. The molecule has 110 valence electrons. The van der Waals surface area contributed by atoms with Crippen LogP contribution in [0.1, 0.15) is 15.4 Å². The third-order valence-corrected chi connectivity index (χ3v) is 3.67. The van der Waals surface area contributed by atoms with Gasteiger partial charge in [-0.1, -0.05) is 0 Å². The lowest BCUT2D eigenvalue weighted by Gasteiger charge is -2.04. The summed E-state index contributed by atoms with van der Waals surface area (Å²) < 4.78 is 0. The van der Waals surface area contributed by atoms with Crippen molar-refractivity contribution >= 4 is 22.7 Å². The number of nitro benzene ring substituents is 2. The number of rotatable bonds is 6. The van der Waals surface area contributed by atoms with Gasteiger partial charge in [-0.3, -0.25) is 20.2 Å². The molecule has 0 amide bonds. The van der Waals surface area contributed by atoms with E-state index in [1.807, 2.05) is 6.92 Å². The maximum atomic E-state index is 11.0. The van der Waals surface area contributed by atoms with Gasteiger partial charge in [0.1, 0.15) is 0 Å². The molecule has 0 spiro atoms. The van der Waals surface area contributed by atoms with Crippen LogP contribution >= 0.6 is 11.3 Å². The molecule has 1 aromatic carbocycles. The Kier molecular flexibility index (Phi) is 4.55. The number of nitro groups is 2. The van der Waals surface area contributed by atoms with Crippen LogP contribution in [0.15, 0.2) is 24.4 Å². The van der Waals surface area contributed by atoms with Crippen LogP contribution in [-0.4, -0.2) is 14.8 Å². The Morgan fingerprint density at radius 2 is 2.00 bits per heavy atom. The van der Waals surface area contributed by atoms with Crippen molar-refractivity contribution in [3.05, 3.63) is 60.1 Å². The van der Waals surface area contributed by atoms with E-state index < -0.39 is 9.85 Å². The van der Waals surface area contributed by atoms with Gasteiger partial charge in [0.15, 0.2) is 0 Å². The standard InChI is InChI=1S/C12H12N4O4S/c1-8-14-7-11(21-8)6-13-5-9-2-3-10(15(17)18)4-12(9)16(19)20/h2-4,7,13H,5-6H2,1H3. The Morgan fingerprint density at radius 3 is 2.57 bits per heavy atom. The smallest absolute Gasteiger partial charge is 0.280 e. The van der Waals surface area contributed by atoms with Gasteiger partial charge in [-0.2, -0.15) is 0 Å². The van der Waals surface area contributed by atoms with Crippen molar-refractivity contribution in [2.45, 2.75) is 20.0 Å². The molecule has 2 aromatic rings. The van der Waals surface area contributed by atoms with Crippen LogP contribution in [0.3, 0.4) is 0 Å². The third kappa shape index (κ3) is 3.80. The molecular weight excluding hydrogens is 296 g/mol. The molecule has 0 fully saturated rings. The van der Waals surface area contributed by atoms with Crippen molar-refractivity contribution in [2.75, 3.05) is 0 Å². The molecule has 0 aliphatic carbocycles. The molecule has 0 saturated heterocycles. The molecule has 1 N–H and O–H groups in total. The zero-order valence-electron chi connectivity index (χ0n) is 11.1. The van der Waals surface area contributed by atoms with Gasteiger partial charge in [0.2, 0.25) is 0 Å². The molecule has 8 nitrogen and oxygen atoms in total. The normalized spacial score (nSPS) is 10.5. The first-order chi connectivity index (χ1) is 9.97. The first kappa shape index (κ1) is 15.0. The number of benzene rings is 1. The molecule has 0 radical (unpaired) electrons. The number of aromatic nitrogens is 1. The first-order valence-electron chi connectivity index (χ1n) is 6.01. The summed E-state index contributed by atoms with van der Waals surface area (Å²) in [6.07, 6.45) is 1.75. The second-order valence-electron chi connectivity index (χ2n) is 4.28. The Morgan fingerprint density at radius 1 is 1.24 bits per heavy atom. The lowest BCUT2D eigenvalue weighted by molar-refractivity contribution is -0.394. The van der Waals surface area contributed by atoms with Gasteiger partial charge in [-0.25, -0.2) is 4.98 Å². The fraction of sp³-hybridized carbons (Fsp3) is 0.250. The Hall–Kier alpha value is -2.39. The summed E-state index contributed by atoms with van der Waals surface area (Å²) in [5.74, 6) is 0. The highest BCUT2D eigenvalue weighted by Crippen LogP contribution is 2.24. The van der Waals surface area contributed by atoms with E-state index in [2.05, 4.69) is 10.3 Å². The van der Waals surface area contributed by atoms with E-state index in [1.54, 1.807) is 17.5 Å². The summed E-state index contributed by atoms with van der Waals surface area (Å²) in [6, 6.07) is 3.65. The minimum absolute atomic E-state index is 0.253. The van der Waals surface area contributed by atoms with Crippen molar-refractivity contribution in [1.29, 1.82) is 0 Å². The van der Waals surface area contributed by atoms with Crippen LogP contribution in [0.4, 0.5) is 11.4 Å². The number of nitrogens with zero attached hydrogens (tertiary/aromatic N) is 3. The number of non-ortho nitro benzene ring substituents is 1. The molecule has 1 heterocycles. The lowest BCUT2D eigenvalue weighted by Crippen LogP contribution is -2.13. The Balaban J connectivity index is 2.08. The van der Waals surface area contributed by atoms with Crippen molar-refractivity contribution in [2.24, 2.45) is 0 Å². The van der Waals surface area contributed by atoms with Gasteiger partial charge < -0.3 is 5.32 Å². The average Bonchev–Trinajstić information content (AvgIpc) is 2.84. The second kappa shape index (κ2) is 6.37. The van der Waals surface area contributed by atoms with Crippen LogP contribution < -0.4 is 5.32 Å². The molecule has 0 atom stereocenters. The molecule has 1 aromatic heterocycles. The van der Waals surface area contributed by atoms with E-state index in [0.29, 0.717) is 12.1 Å². The molecule has 0 aliphatic rings. The minimum Gasteiger partial charge on any atom is -0.307 e. The predicted octanol–water partition coefficient (Wildman–Crippen LogP) is 2.56. The molecule has 0 aliphatic heterocycles. The van der Waals surface area contributed by atoms with Crippen LogP contribution in [0.2, 0.25) is 0 Å². The number of hydrogen-bond donors (Lipinski definition) is 1. The number of aryl methyl sites for hydroxylation is 1. The highest BCUT2D eigenvalue weighted by molar-refractivity contribution is 7.11. The zero-order valence-corrected chi connectivity index (χ0v) is 11.9. The Bertz CT molecular complexity index is 686. The zero-order chi connectivity index (χ0) is 15.4. The van der Waals surface area contributed by atoms with E-state index in [0.717, 1.165) is 16.0 Å². The predicted molar refractivity (Wildman–Crippen MR) is 77.1 cm³/mol. The Labute approximate surface area is 123 Å². The van der Waals surface area contributed by atoms with Crippen molar-refractivity contribution in [1.82, 2.24) is 10.3 Å². The van der Waals surface area contributed by atoms with Crippen LogP contribution in [0.25, 0.3) is 0 Å². The van der Waals surface area contributed by atoms with Gasteiger partial charge in [0.05, 0.1) is 20.9 Å². The van der Waals surface area contributed by atoms with Crippen LogP contribution in [-0.2, 0) is 13.1 Å². The van der Waals surface area contributed by atoms with Gasteiger partial charge in [-0.15, -0.1) is 11.3 Å². The van der Waals surface area contributed by atoms with E-state index >= 15 is 0 Å². The third-order valence-electron chi connectivity index (χ3n) is 2.76. The number of thiazole rings is 1. The van der Waals surface area contributed by atoms with Gasteiger partial charge in [-0.05, 0) is 13.0 Å². The maximum absolute atomic E-state index is 11.0.